The van der Waals surface area contributed by atoms with E-state index in [2.05, 4.69) is 25.6 Å². The summed E-state index contributed by atoms with van der Waals surface area (Å²) in [5.41, 5.74) is -0.340. The Kier molecular flexibility index (Phi) is 5.76. The zero-order chi connectivity index (χ0) is 14.7. The molecule has 0 saturated heterocycles. The van der Waals surface area contributed by atoms with Crippen LogP contribution < -0.4 is 4.72 Å². The lowest BCUT2D eigenvalue weighted by Crippen LogP contribution is -2.34. The number of hydrogen-bond donors (Lipinski definition) is 2. The lowest BCUT2D eigenvalue weighted by Gasteiger charge is -2.23. The Morgan fingerprint density at radius 2 is 2.16 bits per heavy atom. The Morgan fingerprint density at radius 3 is 2.74 bits per heavy atom. The molecule has 19 heavy (non-hydrogen) atoms. The number of aliphatic hydroxyl groups excluding tert-OH is 1. The van der Waals surface area contributed by atoms with Crippen LogP contribution in [0.25, 0.3) is 0 Å². The molecule has 5 nitrogen and oxygen atoms in total. The molecule has 2 N–H and O–H groups in total. The molecule has 0 spiro atoms. The van der Waals surface area contributed by atoms with Crippen LogP contribution in [0.2, 0.25) is 5.15 Å². The van der Waals surface area contributed by atoms with Crippen molar-refractivity contribution in [3.05, 3.63) is 21.9 Å². The van der Waals surface area contributed by atoms with Crippen LogP contribution in [0.15, 0.2) is 21.6 Å². The highest BCUT2D eigenvalue weighted by Gasteiger charge is 2.24. The number of rotatable bonds is 6. The molecular weight excluding hydrogens is 356 g/mol. The maximum atomic E-state index is 12.1. The Bertz CT molecular complexity index is 549. The van der Waals surface area contributed by atoms with Crippen LogP contribution in [0.4, 0.5) is 0 Å². The van der Waals surface area contributed by atoms with Crippen molar-refractivity contribution in [3.8, 4) is 0 Å². The fraction of sp³-hybridized carbons (Fsp3) is 0.545. The smallest absolute Gasteiger partial charge is 0.243 e. The first kappa shape index (κ1) is 16.8. The molecule has 1 aromatic rings. The van der Waals surface area contributed by atoms with Crippen molar-refractivity contribution in [1.82, 2.24) is 9.71 Å². The molecule has 0 aromatic carbocycles. The summed E-state index contributed by atoms with van der Waals surface area (Å²) in [4.78, 5) is 3.72. The summed E-state index contributed by atoms with van der Waals surface area (Å²) < 4.78 is 27.3. The third-order valence-electron chi connectivity index (χ3n) is 2.59. The molecular formula is C11H16BrClN2O3S. The van der Waals surface area contributed by atoms with Gasteiger partial charge in [-0.25, -0.2) is 18.1 Å². The van der Waals surface area contributed by atoms with Gasteiger partial charge in [0.1, 0.15) is 10.0 Å². The molecule has 1 heterocycles. The van der Waals surface area contributed by atoms with Crippen LogP contribution in [0.5, 0.6) is 0 Å². The molecule has 0 atom stereocenters. The van der Waals surface area contributed by atoms with Gasteiger partial charge in [0, 0.05) is 23.8 Å². The van der Waals surface area contributed by atoms with Gasteiger partial charge in [0.15, 0.2) is 0 Å². The van der Waals surface area contributed by atoms with Gasteiger partial charge in [-0.05, 0) is 33.8 Å². The summed E-state index contributed by atoms with van der Waals surface area (Å²) in [7, 11) is -3.72. The quantitative estimate of drug-likeness (QED) is 0.751. The first-order chi connectivity index (χ1) is 8.68. The first-order valence-electron chi connectivity index (χ1n) is 5.59. The van der Waals surface area contributed by atoms with Gasteiger partial charge in [0.2, 0.25) is 10.0 Å². The van der Waals surface area contributed by atoms with E-state index in [1.165, 1.54) is 12.3 Å². The number of aromatic nitrogens is 1. The zero-order valence-electron chi connectivity index (χ0n) is 10.7. The van der Waals surface area contributed by atoms with Gasteiger partial charge in [-0.1, -0.05) is 25.4 Å². The predicted molar refractivity (Wildman–Crippen MR) is 77.6 cm³/mol. The summed E-state index contributed by atoms with van der Waals surface area (Å²) in [6.45, 7) is 3.95. The number of hydrogen-bond acceptors (Lipinski definition) is 4. The van der Waals surface area contributed by atoms with E-state index >= 15 is 0 Å². The average Bonchev–Trinajstić information content (AvgIpc) is 2.30. The molecule has 0 saturated carbocycles. The van der Waals surface area contributed by atoms with Gasteiger partial charge < -0.3 is 5.11 Å². The fourth-order valence-corrected chi connectivity index (χ4v) is 3.54. The van der Waals surface area contributed by atoms with E-state index in [9.17, 15) is 8.42 Å². The van der Waals surface area contributed by atoms with Gasteiger partial charge >= 0.3 is 0 Å². The summed E-state index contributed by atoms with van der Waals surface area (Å²) in [6, 6.07) is 1.40. The van der Waals surface area contributed by atoms with E-state index in [0.717, 1.165) is 0 Å². The molecule has 1 rings (SSSR count). The van der Waals surface area contributed by atoms with Gasteiger partial charge in [-0.2, -0.15) is 0 Å². The van der Waals surface area contributed by atoms with Crippen molar-refractivity contribution in [3.63, 3.8) is 0 Å². The summed E-state index contributed by atoms with van der Waals surface area (Å²) in [6.07, 6.45) is 1.93. The molecule has 0 aliphatic heterocycles. The third kappa shape index (κ3) is 5.00. The van der Waals surface area contributed by atoms with E-state index in [0.29, 0.717) is 10.9 Å². The van der Waals surface area contributed by atoms with Gasteiger partial charge in [-0.3, -0.25) is 0 Å². The van der Waals surface area contributed by atoms with E-state index in [4.69, 9.17) is 16.7 Å². The lowest BCUT2D eigenvalue weighted by molar-refractivity contribution is 0.213. The van der Waals surface area contributed by atoms with Crippen molar-refractivity contribution in [2.24, 2.45) is 5.41 Å². The fourth-order valence-electron chi connectivity index (χ4n) is 1.35. The highest BCUT2D eigenvalue weighted by atomic mass is 79.9. The second kappa shape index (κ2) is 6.49. The van der Waals surface area contributed by atoms with Crippen LogP contribution in [0.1, 0.15) is 20.3 Å². The second-order valence-corrected chi connectivity index (χ2v) is 7.91. The number of nitrogens with one attached hydrogen (secondary N) is 1. The van der Waals surface area contributed by atoms with Crippen molar-refractivity contribution >= 4 is 37.6 Å². The zero-order valence-corrected chi connectivity index (χ0v) is 13.8. The molecule has 0 fully saturated rings. The molecule has 0 aliphatic carbocycles. The monoisotopic (exact) mass is 370 g/mol. The third-order valence-corrected chi connectivity index (χ3v) is 4.85. The molecule has 8 heteroatoms. The largest absolute Gasteiger partial charge is 0.396 e. The molecule has 0 aliphatic rings. The van der Waals surface area contributed by atoms with Crippen molar-refractivity contribution in [2.45, 2.75) is 25.2 Å². The van der Waals surface area contributed by atoms with Crippen LogP contribution in [0.3, 0.4) is 0 Å². The first-order valence-corrected chi connectivity index (χ1v) is 8.25. The molecule has 1 aromatic heterocycles. The van der Waals surface area contributed by atoms with E-state index in [-0.39, 0.29) is 28.6 Å². The molecule has 0 unspecified atom stereocenters. The number of halogens is 2. The lowest BCUT2D eigenvalue weighted by atomic mass is 9.90. The van der Waals surface area contributed by atoms with E-state index in [1.54, 1.807) is 0 Å². The number of pyridine rings is 1. The van der Waals surface area contributed by atoms with E-state index < -0.39 is 10.0 Å². The summed E-state index contributed by atoms with van der Waals surface area (Å²) in [5, 5.41) is 8.84. The van der Waals surface area contributed by atoms with Gasteiger partial charge in [-0.15, -0.1) is 0 Å². The number of nitrogens with zero attached hydrogens (tertiary/aromatic N) is 1. The van der Waals surface area contributed by atoms with Crippen LogP contribution in [-0.4, -0.2) is 31.7 Å². The Labute approximate surface area is 126 Å². The molecule has 0 radical (unpaired) electrons. The number of aliphatic hydroxyl groups is 1. The standard InChI is InChI=1S/C11H16BrClN2O3S/c1-11(2,3-4-16)7-15-19(17,18)9-5-8(12)6-14-10(9)13/h5-6,15-16H,3-4,7H2,1-2H3. The maximum Gasteiger partial charge on any atom is 0.243 e. The minimum atomic E-state index is -3.72. The topological polar surface area (TPSA) is 79.3 Å². The highest BCUT2D eigenvalue weighted by molar-refractivity contribution is 9.10. The van der Waals surface area contributed by atoms with Gasteiger partial charge in [0.05, 0.1) is 0 Å². The summed E-state index contributed by atoms with van der Waals surface area (Å²) >= 11 is 8.96. The average molecular weight is 372 g/mol. The highest BCUT2D eigenvalue weighted by Crippen LogP contribution is 2.24. The van der Waals surface area contributed by atoms with Gasteiger partial charge in [0.25, 0.3) is 0 Å². The molecule has 0 bridgehead atoms. The Morgan fingerprint density at radius 1 is 1.53 bits per heavy atom. The molecule has 108 valence electrons. The van der Waals surface area contributed by atoms with Crippen LogP contribution in [0, 0.1) is 5.41 Å². The van der Waals surface area contributed by atoms with E-state index in [1.807, 2.05) is 13.8 Å². The predicted octanol–water partition coefficient (Wildman–Crippen LogP) is 2.18. The van der Waals surface area contributed by atoms with Crippen molar-refractivity contribution < 1.29 is 13.5 Å². The maximum absolute atomic E-state index is 12.1. The van der Waals surface area contributed by atoms with Crippen molar-refractivity contribution in [1.29, 1.82) is 0 Å². The molecule has 0 amide bonds. The minimum absolute atomic E-state index is 0.00786. The normalized spacial score (nSPS) is 12.7. The van der Waals surface area contributed by atoms with Crippen LogP contribution >= 0.6 is 27.5 Å². The minimum Gasteiger partial charge on any atom is -0.396 e. The van der Waals surface area contributed by atoms with Crippen molar-refractivity contribution in [2.75, 3.05) is 13.2 Å². The Hall–Kier alpha value is -0.210. The number of sulfonamides is 1. The van der Waals surface area contributed by atoms with Crippen LogP contribution in [-0.2, 0) is 10.0 Å². The Balaban J connectivity index is 2.90. The second-order valence-electron chi connectivity index (χ2n) is 4.90. The summed E-state index contributed by atoms with van der Waals surface area (Å²) in [5.74, 6) is 0. The SMILES string of the molecule is CC(C)(CCO)CNS(=O)(=O)c1cc(Br)cnc1Cl.